The van der Waals surface area contributed by atoms with Gasteiger partial charge in [0.1, 0.15) is 11.6 Å². The summed E-state index contributed by atoms with van der Waals surface area (Å²) in [6.07, 6.45) is 0.277. The predicted molar refractivity (Wildman–Crippen MR) is 71.6 cm³/mol. The highest BCUT2D eigenvalue weighted by Gasteiger charge is 2.33. The monoisotopic (exact) mass is 265 g/mol. The number of Topliss-reactive ketones (excluding diaryl/α,β-unsaturated/α-hetero) is 1. The van der Waals surface area contributed by atoms with Gasteiger partial charge in [0.05, 0.1) is 19.1 Å². The zero-order valence-corrected chi connectivity index (χ0v) is 11.4. The lowest BCUT2D eigenvalue weighted by Gasteiger charge is -2.17. The minimum absolute atomic E-state index is 0.0892. The van der Waals surface area contributed by atoms with Crippen LogP contribution in [0.3, 0.4) is 0 Å². The smallest absolute Gasteiger partial charge is 0.144 e. The van der Waals surface area contributed by atoms with Crippen LogP contribution in [-0.2, 0) is 16.0 Å². The summed E-state index contributed by atoms with van der Waals surface area (Å²) in [5.74, 6) is -0.293. The first-order valence-corrected chi connectivity index (χ1v) is 6.70. The third kappa shape index (κ3) is 3.39. The van der Waals surface area contributed by atoms with Crippen molar-refractivity contribution in [3.63, 3.8) is 0 Å². The lowest BCUT2D eigenvalue weighted by atomic mass is 9.92. The van der Waals surface area contributed by atoms with E-state index in [1.54, 1.807) is 6.07 Å². The van der Waals surface area contributed by atoms with E-state index in [0.717, 1.165) is 17.7 Å². The van der Waals surface area contributed by atoms with Crippen LogP contribution in [0.25, 0.3) is 0 Å². The fourth-order valence-electron chi connectivity index (χ4n) is 2.48. The number of hydrogen-bond acceptors (Lipinski definition) is 3. The van der Waals surface area contributed by atoms with Gasteiger partial charge in [-0.2, -0.15) is 0 Å². The minimum Gasteiger partial charge on any atom is -0.379 e. The van der Waals surface area contributed by atoms with E-state index in [1.807, 2.05) is 13.8 Å². The number of carbonyl (C=O) groups is 1. The molecule has 0 radical (unpaired) electrons. The van der Waals surface area contributed by atoms with Gasteiger partial charge in [0, 0.05) is 12.5 Å². The molecule has 0 spiro atoms. The number of benzene rings is 1. The van der Waals surface area contributed by atoms with Crippen LogP contribution in [0.4, 0.5) is 4.39 Å². The number of ether oxygens (including phenoxy) is 1. The SMILES string of the molecule is CCNC1COCC1C(=O)Cc1cc(F)ccc1C. The van der Waals surface area contributed by atoms with Crippen LogP contribution in [0.5, 0.6) is 0 Å². The molecule has 0 saturated carbocycles. The Morgan fingerprint density at radius 3 is 3.00 bits per heavy atom. The molecule has 1 aliphatic rings. The van der Waals surface area contributed by atoms with Crippen molar-refractivity contribution in [3.05, 3.63) is 35.1 Å². The highest BCUT2D eigenvalue weighted by atomic mass is 19.1. The van der Waals surface area contributed by atoms with Gasteiger partial charge in [-0.05, 0) is 36.7 Å². The predicted octanol–water partition coefficient (Wildman–Crippen LogP) is 1.87. The summed E-state index contributed by atoms with van der Waals surface area (Å²) in [5, 5.41) is 3.27. The summed E-state index contributed by atoms with van der Waals surface area (Å²) in [4.78, 5) is 12.3. The number of aryl methyl sites for hydroxylation is 1. The molecule has 0 amide bonds. The molecule has 1 aliphatic heterocycles. The van der Waals surface area contributed by atoms with Crippen molar-refractivity contribution < 1.29 is 13.9 Å². The maximum absolute atomic E-state index is 13.2. The third-order valence-electron chi connectivity index (χ3n) is 3.64. The fourth-order valence-corrected chi connectivity index (χ4v) is 2.48. The van der Waals surface area contributed by atoms with Gasteiger partial charge in [-0.25, -0.2) is 4.39 Å². The Hall–Kier alpha value is -1.26. The van der Waals surface area contributed by atoms with Crippen LogP contribution in [0.15, 0.2) is 18.2 Å². The van der Waals surface area contributed by atoms with Crippen LogP contribution in [0.1, 0.15) is 18.1 Å². The van der Waals surface area contributed by atoms with Crippen LogP contribution in [0, 0.1) is 18.7 Å². The van der Waals surface area contributed by atoms with Crippen molar-refractivity contribution in [2.75, 3.05) is 19.8 Å². The molecule has 2 rings (SSSR count). The highest BCUT2D eigenvalue weighted by molar-refractivity contribution is 5.84. The molecular weight excluding hydrogens is 245 g/mol. The van der Waals surface area contributed by atoms with Gasteiger partial charge in [0.15, 0.2) is 0 Å². The summed E-state index contributed by atoms with van der Waals surface area (Å²) in [6, 6.07) is 4.67. The second kappa shape index (κ2) is 6.26. The average Bonchev–Trinajstić information content (AvgIpc) is 2.82. The molecule has 0 bridgehead atoms. The van der Waals surface area contributed by atoms with Gasteiger partial charge in [0.25, 0.3) is 0 Å². The van der Waals surface area contributed by atoms with Crippen molar-refractivity contribution in [1.82, 2.24) is 5.32 Å². The lowest BCUT2D eigenvalue weighted by Crippen LogP contribution is -2.39. The summed E-state index contributed by atoms with van der Waals surface area (Å²) < 4.78 is 18.6. The Kier molecular flexibility index (Phi) is 4.66. The number of rotatable bonds is 5. The molecule has 2 atom stereocenters. The molecule has 1 aromatic rings. The molecule has 19 heavy (non-hydrogen) atoms. The number of nitrogens with one attached hydrogen (secondary N) is 1. The fraction of sp³-hybridized carbons (Fsp3) is 0.533. The van der Waals surface area contributed by atoms with E-state index >= 15 is 0 Å². The van der Waals surface area contributed by atoms with E-state index in [0.29, 0.717) is 13.2 Å². The molecule has 4 heteroatoms. The van der Waals surface area contributed by atoms with Crippen molar-refractivity contribution in [3.8, 4) is 0 Å². The van der Waals surface area contributed by atoms with Gasteiger partial charge in [-0.1, -0.05) is 13.0 Å². The summed E-state index contributed by atoms with van der Waals surface area (Å²) in [5.41, 5.74) is 1.72. The molecule has 104 valence electrons. The highest BCUT2D eigenvalue weighted by Crippen LogP contribution is 2.19. The Labute approximate surface area is 113 Å². The van der Waals surface area contributed by atoms with E-state index in [1.165, 1.54) is 12.1 Å². The Morgan fingerprint density at radius 1 is 1.47 bits per heavy atom. The molecule has 1 fully saturated rings. The molecule has 0 aliphatic carbocycles. The van der Waals surface area contributed by atoms with Gasteiger partial charge in [-0.15, -0.1) is 0 Å². The van der Waals surface area contributed by atoms with Crippen molar-refractivity contribution in [2.45, 2.75) is 26.3 Å². The van der Waals surface area contributed by atoms with Crippen LogP contribution < -0.4 is 5.32 Å². The normalized spacial score (nSPS) is 22.7. The van der Waals surface area contributed by atoms with Crippen LogP contribution >= 0.6 is 0 Å². The Bertz CT molecular complexity index is 461. The van der Waals surface area contributed by atoms with E-state index in [4.69, 9.17) is 4.74 Å². The number of likely N-dealkylation sites (N-methyl/N-ethyl adjacent to an activating group) is 1. The van der Waals surface area contributed by atoms with E-state index < -0.39 is 0 Å². The van der Waals surface area contributed by atoms with Crippen molar-refractivity contribution >= 4 is 5.78 Å². The van der Waals surface area contributed by atoms with Gasteiger partial charge in [0.2, 0.25) is 0 Å². The molecular formula is C15H20FNO2. The number of ketones is 1. The topological polar surface area (TPSA) is 38.3 Å². The van der Waals surface area contributed by atoms with Crippen molar-refractivity contribution in [1.29, 1.82) is 0 Å². The maximum atomic E-state index is 13.2. The standard InChI is InChI=1S/C15H20FNO2/c1-3-17-14-9-19-8-13(14)15(18)7-11-6-12(16)5-4-10(11)2/h4-6,13-14,17H,3,7-9H2,1-2H3. The second-order valence-electron chi connectivity index (χ2n) is 5.02. The van der Waals surface area contributed by atoms with Gasteiger partial charge < -0.3 is 10.1 Å². The molecule has 1 aromatic carbocycles. The maximum Gasteiger partial charge on any atom is 0.144 e. The second-order valence-corrected chi connectivity index (χ2v) is 5.02. The molecule has 0 aromatic heterocycles. The van der Waals surface area contributed by atoms with E-state index in [9.17, 15) is 9.18 Å². The first kappa shape index (κ1) is 14.2. The Balaban J connectivity index is 2.06. The average molecular weight is 265 g/mol. The third-order valence-corrected chi connectivity index (χ3v) is 3.64. The lowest BCUT2D eigenvalue weighted by molar-refractivity contribution is -0.122. The number of hydrogen-bond donors (Lipinski definition) is 1. The summed E-state index contributed by atoms with van der Waals surface area (Å²) in [6.45, 7) is 5.76. The zero-order valence-electron chi connectivity index (χ0n) is 11.4. The summed E-state index contributed by atoms with van der Waals surface area (Å²) in [7, 11) is 0. The quantitative estimate of drug-likeness (QED) is 0.883. The zero-order chi connectivity index (χ0) is 13.8. The first-order chi connectivity index (χ1) is 9.11. The molecule has 1 N–H and O–H groups in total. The van der Waals surface area contributed by atoms with Crippen molar-refractivity contribution in [2.24, 2.45) is 5.92 Å². The molecule has 1 heterocycles. The van der Waals surface area contributed by atoms with Gasteiger partial charge >= 0.3 is 0 Å². The molecule has 3 nitrogen and oxygen atoms in total. The Morgan fingerprint density at radius 2 is 2.26 bits per heavy atom. The number of carbonyl (C=O) groups excluding carboxylic acids is 1. The van der Waals surface area contributed by atoms with Crippen LogP contribution in [0.2, 0.25) is 0 Å². The van der Waals surface area contributed by atoms with Crippen LogP contribution in [-0.4, -0.2) is 31.6 Å². The molecule has 2 unspecified atom stereocenters. The largest absolute Gasteiger partial charge is 0.379 e. The van der Waals surface area contributed by atoms with Gasteiger partial charge in [-0.3, -0.25) is 4.79 Å². The molecule has 1 saturated heterocycles. The summed E-state index contributed by atoms with van der Waals surface area (Å²) >= 11 is 0. The van der Waals surface area contributed by atoms with E-state index in [2.05, 4.69) is 5.32 Å². The van der Waals surface area contributed by atoms with E-state index in [-0.39, 0.29) is 30.0 Å². The minimum atomic E-state index is -0.292. The number of halogens is 1. The first-order valence-electron chi connectivity index (χ1n) is 6.70.